The third-order valence-corrected chi connectivity index (χ3v) is 12.4. The standard InChI is InChI=1S/C41H49N9O4/c1-26-33-25-43-40(46-37(33)50(31-6-4-5-7-31)38(53)36(26)27(2)51)44-34-13-12-32(24-42-34)47-18-15-30(16-19-47)49-22-20-48(21-23-49)29-10-8-28(9-11-29)41(3)17-14-35(52)45-39(41)54/h8-13,24-25,30-31H,4-7,14-23H2,1-3H3,(H,45,52,54)(H,42,43,44,46)/t41-/m0/s1. The number of amides is 2. The first-order valence-electron chi connectivity index (χ1n) is 19.4. The van der Waals surface area contributed by atoms with Crippen molar-refractivity contribution >= 4 is 51.8 Å². The predicted molar refractivity (Wildman–Crippen MR) is 209 cm³/mol. The fourth-order valence-corrected chi connectivity index (χ4v) is 9.02. The number of pyridine rings is 2. The number of piperazine rings is 1. The lowest BCUT2D eigenvalue weighted by Gasteiger charge is -2.44. The molecular formula is C41H49N9O4. The van der Waals surface area contributed by atoms with Crippen LogP contribution in [0.4, 0.5) is 23.1 Å². The van der Waals surface area contributed by atoms with E-state index in [1.807, 2.05) is 31.3 Å². The number of nitrogens with zero attached hydrogens (tertiary/aromatic N) is 7. The van der Waals surface area contributed by atoms with Gasteiger partial charge in [-0.15, -0.1) is 0 Å². The van der Waals surface area contributed by atoms with Crippen molar-refractivity contribution in [1.29, 1.82) is 0 Å². The summed E-state index contributed by atoms with van der Waals surface area (Å²) in [6.45, 7) is 11.1. The number of nitrogens with one attached hydrogen (secondary N) is 2. The third-order valence-electron chi connectivity index (χ3n) is 12.4. The van der Waals surface area contributed by atoms with Gasteiger partial charge in [-0.05, 0) is 88.3 Å². The number of carbonyl (C=O) groups is 3. The minimum absolute atomic E-state index is 0.0228. The summed E-state index contributed by atoms with van der Waals surface area (Å²) in [5.41, 5.74) is 3.69. The molecule has 4 aliphatic rings. The van der Waals surface area contributed by atoms with Gasteiger partial charge in [-0.1, -0.05) is 25.0 Å². The van der Waals surface area contributed by atoms with E-state index in [2.05, 4.69) is 48.5 Å². The summed E-state index contributed by atoms with van der Waals surface area (Å²) in [5.74, 6) is 0.353. The van der Waals surface area contributed by atoms with E-state index in [0.29, 0.717) is 41.9 Å². The van der Waals surface area contributed by atoms with E-state index in [1.165, 1.54) is 12.6 Å². The number of Topliss-reactive ketones (excluding diaryl/α,β-unsaturated/α-hetero) is 1. The summed E-state index contributed by atoms with van der Waals surface area (Å²) >= 11 is 0. The normalized spacial score (nSPS) is 21.8. The Morgan fingerprint density at radius 2 is 1.52 bits per heavy atom. The van der Waals surface area contributed by atoms with E-state index in [4.69, 9.17) is 9.97 Å². The van der Waals surface area contributed by atoms with Crippen LogP contribution in [0.15, 0.2) is 53.6 Å². The van der Waals surface area contributed by atoms with Crippen molar-refractivity contribution in [2.75, 3.05) is 54.4 Å². The predicted octanol–water partition coefficient (Wildman–Crippen LogP) is 5.04. The number of carbonyl (C=O) groups excluding carboxylic acids is 3. The zero-order chi connectivity index (χ0) is 37.6. The van der Waals surface area contributed by atoms with Gasteiger partial charge in [-0.3, -0.25) is 34.0 Å². The zero-order valence-corrected chi connectivity index (χ0v) is 31.4. The van der Waals surface area contributed by atoms with Crippen LogP contribution in [-0.4, -0.2) is 87.3 Å². The smallest absolute Gasteiger partial charge is 0.263 e. The molecule has 1 aromatic carbocycles. The molecule has 13 heteroatoms. The molecular weight excluding hydrogens is 683 g/mol. The van der Waals surface area contributed by atoms with E-state index in [1.54, 1.807) is 17.7 Å². The van der Waals surface area contributed by atoms with Crippen molar-refractivity contribution in [3.63, 3.8) is 0 Å². The van der Waals surface area contributed by atoms with Crippen molar-refractivity contribution < 1.29 is 14.4 Å². The number of ketones is 1. The second kappa shape index (κ2) is 14.6. The summed E-state index contributed by atoms with van der Waals surface area (Å²) in [7, 11) is 0. The molecule has 1 saturated carbocycles. The molecule has 3 aromatic heterocycles. The largest absolute Gasteiger partial charge is 0.370 e. The highest BCUT2D eigenvalue weighted by Gasteiger charge is 2.40. The fraction of sp³-hybridized carbons (Fsp3) is 0.488. The molecule has 0 unspecified atom stereocenters. The molecule has 3 saturated heterocycles. The third kappa shape index (κ3) is 6.74. The maximum atomic E-state index is 13.6. The van der Waals surface area contributed by atoms with Crippen molar-refractivity contribution in [3.8, 4) is 0 Å². The molecule has 8 rings (SSSR count). The Morgan fingerprint density at radius 3 is 2.17 bits per heavy atom. The van der Waals surface area contributed by atoms with Crippen LogP contribution in [-0.2, 0) is 15.0 Å². The number of piperidine rings is 2. The van der Waals surface area contributed by atoms with Crippen LogP contribution in [0.25, 0.3) is 11.0 Å². The Hall–Kier alpha value is -5.17. The first kappa shape index (κ1) is 35.8. The highest BCUT2D eigenvalue weighted by molar-refractivity contribution is 6.03. The maximum absolute atomic E-state index is 13.6. The van der Waals surface area contributed by atoms with Crippen molar-refractivity contribution in [2.45, 2.75) is 89.6 Å². The molecule has 6 heterocycles. The number of rotatable bonds is 8. The molecule has 2 amide bonds. The second-order valence-corrected chi connectivity index (χ2v) is 15.6. The molecule has 1 aliphatic carbocycles. The van der Waals surface area contributed by atoms with Gasteiger partial charge in [0.15, 0.2) is 5.78 Å². The Balaban J connectivity index is 0.859. The van der Waals surface area contributed by atoms with Gasteiger partial charge < -0.3 is 15.1 Å². The average molecular weight is 732 g/mol. The van der Waals surface area contributed by atoms with Crippen LogP contribution < -0.4 is 26.0 Å². The Bertz CT molecular complexity index is 2130. The number of aromatic nitrogens is 4. The lowest BCUT2D eigenvalue weighted by molar-refractivity contribution is -0.137. The first-order valence-corrected chi connectivity index (χ1v) is 19.4. The first-order chi connectivity index (χ1) is 26.1. The van der Waals surface area contributed by atoms with Gasteiger partial charge in [-0.25, -0.2) is 9.97 Å². The molecule has 4 fully saturated rings. The van der Waals surface area contributed by atoms with Crippen molar-refractivity contribution in [3.05, 3.63) is 75.8 Å². The topological polar surface area (TPSA) is 146 Å². The quantitative estimate of drug-likeness (QED) is 0.186. The van der Waals surface area contributed by atoms with E-state index >= 15 is 0 Å². The SMILES string of the molecule is CC(=O)c1c(C)c2cnc(Nc3ccc(N4CCC(N5CCN(c6ccc([C@]7(C)CCC(=O)NC7=O)cc6)CC5)CC4)cn3)nc2n(C2CCCC2)c1=O. The zero-order valence-electron chi connectivity index (χ0n) is 31.4. The summed E-state index contributed by atoms with van der Waals surface area (Å²) < 4.78 is 1.73. The molecule has 0 spiro atoms. The van der Waals surface area contributed by atoms with Crippen LogP contribution >= 0.6 is 0 Å². The van der Waals surface area contributed by atoms with Gasteiger partial charge in [0.2, 0.25) is 17.8 Å². The van der Waals surface area contributed by atoms with Gasteiger partial charge in [0.25, 0.3) is 5.56 Å². The molecule has 3 aliphatic heterocycles. The molecule has 13 nitrogen and oxygen atoms in total. The maximum Gasteiger partial charge on any atom is 0.263 e. The van der Waals surface area contributed by atoms with Crippen molar-refractivity contribution in [2.24, 2.45) is 0 Å². The number of aryl methyl sites for hydroxylation is 1. The van der Waals surface area contributed by atoms with Gasteiger partial charge in [0, 0.05) is 75.0 Å². The number of benzene rings is 1. The Kier molecular flexibility index (Phi) is 9.67. The number of hydrogen-bond acceptors (Lipinski definition) is 11. The highest BCUT2D eigenvalue weighted by atomic mass is 16.2. The number of hydrogen-bond donors (Lipinski definition) is 2. The van der Waals surface area contributed by atoms with Crippen LogP contribution in [0.1, 0.15) is 92.7 Å². The van der Waals surface area contributed by atoms with Gasteiger partial charge >= 0.3 is 0 Å². The molecule has 2 N–H and O–H groups in total. The van der Waals surface area contributed by atoms with E-state index in [-0.39, 0.29) is 34.8 Å². The highest BCUT2D eigenvalue weighted by Crippen LogP contribution is 2.35. The number of imide groups is 1. The number of fused-ring (bicyclic) bond motifs is 1. The summed E-state index contributed by atoms with van der Waals surface area (Å²) in [5, 5.41) is 6.46. The Morgan fingerprint density at radius 1 is 0.833 bits per heavy atom. The Labute approximate surface area is 315 Å². The van der Waals surface area contributed by atoms with Crippen LogP contribution in [0.3, 0.4) is 0 Å². The van der Waals surface area contributed by atoms with Crippen LogP contribution in [0, 0.1) is 6.92 Å². The summed E-state index contributed by atoms with van der Waals surface area (Å²) in [6.07, 6.45) is 10.6. The number of anilines is 4. The summed E-state index contributed by atoms with van der Waals surface area (Å²) in [6, 6.07) is 12.9. The monoisotopic (exact) mass is 731 g/mol. The van der Waals surface area contributed by atoms with Crippen LogP contribution in [0.5, 0.6) is 0 Å². The molecule has 282 valence electrons. The minimum atomic E-state index is -0.673. The van der Waals surface area contributed by atoms with E-state index in [9.17, 15) is 19.2 Å². The molecule has 1 atom stereocenters. The van der Waals surface area contributed by atoms with Gasteiger partial charge in [0.1, 0.15) is 11.5 Å². The van der Waals surface area contributed by atoms with Gasteiger partial charge in [-0.2, -0.15) is 4.98 Å². The molecule has 0 bridgehead atoms. The lowest BCUT2D eigenvalue weighted by atomic mass is 9.75. The van der Waals surface area contributed by atoms with E-state index < -0.39 is 5.41 Å². The second-order valence-electron chi connectivity index (χ2n) is 15.6. The molecule has 0 radical (unpaired) electrons. The lowest BCUT2D eigenvalue weighted by Crippen LogP contribution is -2.53. The fourth-order valence-electron chi connectivity index (χ4n) is 9.02. The van der Waals surface area contributed by atoms with Gasteiger partial charge in [0.05, 0.1) is 22.9 Å². The minimum Gasteiger partial charge on any atom is -0.370 e. The van der Waals surface area contributed by atoms with Crippen LogP contribution in [0.2, 0.25) is 0 Å². The average Bonchev–Trinajstić information content (AvgIpc) is 3.71. The molecule has 4 aromatic rings. The van der Waals surface area contributed by atoms with E-state index in [0.717, 1.165) is 94.4 Å². The molecule has 54 heavy (non-hydrogen) atoms. The summed E-state index contributed by atoms with van der Waals surface area (Å²) in [4.78, 5) is 71.8. The van der Waals surface area contributed by atoms with Crippen molar-refractivity contribution in [1.82, 2.24) is 29.7 Å².